The predicted molar refractivity (Wildman–Crippen MR) is 81.0 cm³/mol. The first kappa shape index (κ1) is 17.6. The van der Waals surface area contributed by atoms with Crippen LogP contribution in [0.4, 0.5) is 29.5 Å². The first-order chi connectivity index (χ1) is 11.0. The van der Waals surface area contributed by atoms with Crippen molar-refractivity contribution in [2.45, 2.75) is 32.5 Å². The van der Waals surface area contributed by atoms with E-state index in [-0.39, 0.29) is 22.7 Å². The molecule has 0 fully saturated rings. The third-order valence-electron chi connectivity index (χ3n) is 2.86. The summed E-state index contributed by atoms with van der Waals surface area (Å²) in [6, 6.07) is 5.73. The van der Waals surface area contributed by atoms with Crippen LogP contribution in [0.15, 0.2) is 34.9 Å². The molecule has 0 unspecified atom stereocenters. The molecular formula is C15H16F3N3O3. The highest BCUT2D eigenvalue weighted by atomic mass is 19.4. The van der Waals surface area contributed by atoms with Crippen molar-refractivity contribution in [1.82, 2.24) is 5.16 Å². The summed E-state index contributed by atoms with van der Waals surface area (Å²) in [5.74, 6) is -0.215. The van der Waals surface area contributed by atoms with Gasteiger partial charge in [-0.25, -0.2) is 4.79 Å². The summed E-state index contributed by atoms with van der Waals surface area (Å²) in [6.45, 7) is 5.83. The van der Waals surface area contributed by atoms with Crippen LogP contribution >= 0.6 is 0 Å². The van der Waals surface area contributed by atoms with E-state index in [1.165, 1.54) is 12.1 Å². The zero-order valence-electron chi connectivity index (χ0n) is 13.2. The van der Waals surface area contributed by atoms with Gasteiger partial charge in [-0.1, -0.05) is 25.9 Å². The molecule has 1 aromatic carbocycles. The smallest absolute Gasteiger partial charge is 0.406 e. The SMILES string of the molecule is CC(C)(C)c1cc(NC(=O)Nc2ccc(OC(F)(F)F)cc2)on1. The number of nitrogens with zero attached hydrogens (tertiary/aromatic N) is 1. The minimum atomic E-state index is -4.76. The largest absolute Gasteiger partial charge is 0.573 e. The Bertz CT molecular complexity index is 703. The Labute approximate surface area is 136 Å². The molecule has 1 aromatic heterocycles. The number of nitrogens with one attached hydrogen (secondary N) is 2. The van der Waals surface area contributed by atoms with Gasteiger partial charge in [0.05, 0.1) is 5.69 Å². The Kier molecular flexibility index (Phi) is 4.72. The summed E-state index contributed by atoms with van der Waals surface area (Å²) in [4.78, 5) is 11.8. The van der Waals surface area contributed by atoms with Crippen molar-refractivity contribution in [2.24, 2.45) is 0 Å². The molecule has 0 spiro atoms. The molecule has 0 aliphatic rings. The Morgan fingerprint density at radius 3 is 2.25 bits per heavy atom. The number of carbonyl (C=O) groups is 1. The minimum Gasteiger partial charge on any atom is -0.406 e. The van der Waals surface area contributed by atoms with E-state index in [4.69, 9.17) is 4.52 Å². The van der Waals surface area contributed by atoms with E-state index in [9.17, 15) is 18.0 Å². The van der Waals surface area contributed by atoms with Gasteiger partial charge in [0.15, 0.2) is 0 Å². The summed E-state index contributed by atoms with van der Waals surface area (Å²) in [5, 5.41) is 8.75. The fraction of sp³-hybridized carbons (Fsp3) is 0.333. The van der Waals surface area contributed by atoms with Gasteiger partial charge in [-0.2, -0.15) is 0 Å². The normalized spacial score (nSPS) is 11.9. The standard InChI is InChI=1S/C15H16F3N3O3/c1-14(2,3)11-8-12(24-21-11)20-13(22)19-9-4-6-10(7-5-9)23-15(16,17)18/h4-8H,1-3H3,(H2,19,20,22). The molecule has 2 N–H and O–H groups in total. The third kappa shape index (κ3) is 5.18. The van der Waals surface area contributed by atoms with E-state index in [1.807, 2.05) is 20.8 Å². The first-order valence-electron chi connectivity index (χ1n) is 6.94. The summed E-state index contributed by atoms with van der Waals surface area (Å²) in [6.07, 6.45) is -4.76. The number of ether oxygens (including phenoxy) is 1. The van der Waals surface area contributed by atoms with Gasteiger partial charge < -0.3 is 14.6 Å². The van der Waals surface area contributed by atoms with Gasteiger partial charge in [0, 0.05) is 17.2 Å². The molecule has 0 bridgehead atoms. The molecule has 0 aliphatic heterocycles. The van der Waals surface area contributed by atoms with Crippen LogP contribution < -0.4 is 15.4 Å². The van der Waals surface area contributed by atoms with Crippen LogP contribution in [0.5, 0.6) is 5.75 Å². The van der Waals surface area contributed by atoms with Crippen LogP contribution in [0, 0.1) is 0 Å². The zero-order valence-corrected chi connectivity index (χ0v) is 13.2. The van der Waals surface area contributed by atoms with Crippen LogP contribution in [0.2, 0.25) is 0 Å². The average Bonchev–Trinajstić information content (AvgIpc) is 2.87. The fourth-order valence-corrected chi connectivity index (χ4v) is 1.70. The second-order valence-electron chi connectivity index (χ2n) is 5.98. The van der Waals surface area contributed by atoms with E-state index in [2.05, 4.69) is 20.5 Å². The molecule has 130 valence electrons. The van der Waals surface area contributed by atoms with Crippen molar-refractivity contribution in [3.8, 4) is 5.75 Å². The van der Waals surface area contributed by atoms with Gasteiger partial charge in [-0.05, 0) is 24.3 Å². The van der Waals surface area contributed by atoms with Crippen molar-refractivity contribution in [3.63, 3.8) is 0 Å². The number of halogens is 3. The molecule has 0 saturated carbocycles. The molecule has 9 heteroatoms. The lowest BCUT2D eigenvalue weighted by atomic mass is 9.92. The van der Waals surface area contributed by atoms with Crippen molar-refractivity contribution in [2.75, 3.05) is 10.6 Å². The van der Waals surface area contributed by atoms with Crippen molar-refractivity contribution in [3.05, 3.63) is 36.0 Å². The second-order valence-corrected chi connectivity index (χ2v) is 5.98. The zero-order chi connectivity index (χ0) is 18.0. The molecule has 6 nitrogen and oxygen atoms in total. The molecule has 0 saturated heterocycles. The molecule has 24 heavy (non-hydrogen) atoms. The Morgan fingerprint density at radius 1 is 1.12 bits per heavy atom. The second kappa shape index (κ2) is 6.42. The van der Waals surface area contributed by atoms with Crippen LogP contribution in [-0.4, -0.2) is 17.6 Å². The quantitative estimate of drug-likeness (QED) is 0.859. The Hall–Kier alpha value is -2.71. The van der Waals surface area contributed by atoms with Gasteiger partial charge in [0.2, 0.25) is 5.88 Å². The Balaban J connectivity index is 1.94. The number of carbonyl (C=O) groups excluding carboxylic acids is 1. The number of hydrogen-bond donors (Lipinski definition) is 2. The lowest BCUT2D eigenvalue weighted by Gasteiger charge is -2.12. The molecule has 2 aromatic rings. The van der Waals surface area contributed by atoms with Gasteiger partial charge in [-0.3, -0.25) is 5.32 Å². The maximum absolute atomic E-state index is 12.1. The lowest BCUT2D eigenvalue weighted by molar-refractivity contribution is -0.274. The topological polar surface area (TPSA) is 76.4 Å². The number of amides is 2. The molecule has 0 radical (unpaired) electrons. The molecule has 0 aliphatic carbocycles. The van der Waals surface area contributed by atoms with Crippen LogP contribution in [0.3, 0.4) is 0 Å². The highest BCUT2D eigenvalue weighted by Gasteiger charge is 2.31. The maximum atomic E-state index is 12.1. The molecule has 2 amide bonds. The first-order valence-corrected chi connectivity index (χ1v) is 6.94. The predicted octanol–water partition coefficient (Wildman–Crippen LogP) is 4.51. The minimum absolute atomic E-state index is 0.162. The summed E-state index contributed by atoms with van der Waals surface area (Å²) < 4.78 is 44.9. The van der Waals surface area contributed by atoms with Crippen molar-refractivity contribution >= 4 is 17.6 Å². The number of alkyl halides is 3. The summed E-state index contributed by atoms with van der Waals surface area (Å²) in [5.41, 5.74) is 0.734. The Morgan fingerprint density at radius 2 is 1.75 bits per heavy atom. The average molecular weight is 343 g/mol. The van der Waals surface area contributed by atoms with E-state index >= 15 is 0 Å². The highest BCUT2D eigenvalue weighted by Crippen LogP contribution is 2.25. The number of urea groups is 1. The number of benzene rings is 1. The number of rotatable bonds is 3. The number of hydrogen-bond acceptors (Lipinski definition) is 4. The monoisotopic (exact) mass is 343 g/mol. The number of anilines is 2. The summed E-state index contributed by atoms with van der Waals surface area (Å²) in [7, 11) is 0. The molecular weight excluding hydrogens is 327 g/mol. The molecule has 2 rings (SSSR count). The van der Waals surface area contributed by atoms with Crippen molar-refractivity contribution in [1.29, 1.82) is 0 Å². The fourth-order valence-electron chi connectivity index (χ4n) is 1.70. The highest BCUT2D eigenvalue weighted by molar-refractivity contribution is 5.98. The third-order valence-corrected chi connectivity index (χ3v) is 2.86. The maximum Gasteiger partial charge on any atom is 0.573 e. The van der Waals surface area contributed by atoms with Crippen LogP contribution in [0.25, 0.3) is 0 Å². The van der Waals surface area contributed by atoms with E-state index in [0.29, 0.717) is 5.69 Å². The van der Waals surface area contributed by atoms with E-state index < -0.39 is 12.4 Å². The lowest BCUT2D eigenvalue weighted by Crippen LogP contribution is -2.19. The van der Waals surface area contributed by atoms with Gasteiger partial charge in [0.25, 0.3) is 0 Å². The van der Waals surface area contributed by atoms with E-state index in [0.717, 1.165) is 12.1 Å². The van der Waals surface area contributed by atoms with Crippen LogP contribution in [-0.2, 0) is 5.41 Å². The van der Waals surface area contributed by atoms with Gasteiger partial charge >= 0.3 is 12.4 Å². The van der Waals surface area contributed by atoms with E-state index in [1.54, 1.807) is 6.07 Å². The molecule has 0 atom stereocenters. The van der Waals surface area contributed by atoms with Gasteiger partial charge in [0.1, 0.15) is 5.75 Å². The molecule has 1 heterocycles. The van der Waals surface area contributed by atoms with Crippen molar-refractivity contribution < 1.29 is 27.2 Å². The number of aromatic nitrogens is 1. The van der Waals surface area contributed by atoms with Crippen LogP contribution in [0.1, 0.15) is 26.5 Å². The summed E-state index contributed by atoms with van der Waals surface area (Å²) >= 11 is 0. The van der Waals surface area contributed by atoms with Gasteiger partial charge in [-0.15, -0.1) is 13.2 Å².